The van der Waals surface area contributed by atoms with Gasteiger partial charge in [-0.2, -0.15) is 0 Å². The summed E-state index contributed by atoms with van der Waals surface area (Å²) in [6, 6.07) is 11.0. The van der Waals surface area contributed by atoms with E-state index >= 15 is 0 Å². The summed E-state index contributed by atoms with van der Waals surface area (Å²) in [5, 5.41) is 8.27. The van der Waals surface area contributed by atoms with Crippen LogP contribution in [0.2, 0.25) is 5.02 Å². The van der Waals surface area contributed by atoms with Crippen molar-refractivity contribution in [1.82, 2.24) is 19.7 Å². The van der Waals surface area contributed by atoms with Crippen LogP contribution in [0.4, 0.5) is 0 Å². The monoisotopic (exact) mass is 326 g/mol. The number of oxazole rings is 1. The summed E-state index contributed by atoms with van der Waals surface area (Å²) in [5.74, 6) is 1.21. The maximum absolute atomic E-state index is 5.99. The Bertz CT molecular complexity index is 979. The molecule has 0 spiro atoms. The van der Waals surface area contributed by atoms with Crippen LogP contribution >= 0.6 is 11.6 Å². The van der Waals surface area contributed by atoms with E-state index in [2.05, 4.69) is 15.2 Å². The van der Waals surface area contributed by atoms with Crippen LogP contribution in [0.25, 0.3) is 28.2 Å². The smallest absolute Gasteiger partial charge is 0.227 e. The Labute approximate surface area is 136 Å². The van der Waals surface area contributed by atoms with Crippen molar-refractivity contribution in [2.24, 2.45) is 0 Å². The lowest BCUT2D eigenvalue weighted by Crippen LogP contribution is -1.96. The number of hydrogen-bond acceptors (Lipinski definition) is 5. The van der Waals surface area contributed by atoms with Crippen LogP contribution in [0.15, 0.2) is 53.5 Å². The molecule has 0 aliphatic carbocycles. The standard InChI is InChI=1S/C16H11ClN4O2/c1-22-15-4-2-10(6-13(15)21-8-18-19-9-21)16-20-12-7-11(17)3-5-14(12)23-16/h2-9H,1H3. The summed E-state index contributed by atoms with van der Waals surface area (Å²) < 4.78 is 13.0. The number of methoxy groups -OCH3 is 1. The predicted octanol–water partition coefficient (Wildman–Crippen LogP) is 3.74. The lowest BCUT2D eigenvalue weighted by atomic mass is 10.2. The zero-order valence-corrected chi connectivity index (χ0v) is 12.9. The quantitative estimate of drug-likeness (QED) is 0.574. The maximum Gasteiger partial charge on any atom is 0.227 e. The molecule has 0 saturated heterocycles. The van der Waals surface area contributed by atoms with Crippen LogP contribution in [0.5, 0.6) is 5.75 Å². The highest BCUT2D eigenvalue weighted by Gasteiger charge is 2.13. The molecule has 4 aromatic rings. The van der Waals surface area contributed by atoms with Gasteiger partial charge in [0, 0.05) is 10.6 Å². The minimum atomic E-state index is 0.513. The van der Waals surface area contributed by atoms with E-state index in [-0.39, 0.29) is 0 Å². The first kappa shape index (κ1) is 13.8. The molecule has 0 N–H and O–H groups in total. The molecule has 2 aromatic carbocycles. The number of benzene rings is 2. The first-order valence-corrected chi connectivity index (χ1v) is 7.22. The Hall–Kier alpha value is -2.86. The third-order valence-electron chi connectivity index (χ3n) is 3.47. The van der Waals surface area contributed by atoms with Gasteiger partial charge in [-0.05, 0) is 36.4 Å². The molecule has 4 rings (SSSR count). The first-order valence-electron chi connectivity index (χ1n) is 6.84. The van der Waals surface area contributed by atoms with E-state index in [1.54, 1.807) is 42.5 Å². The molecule has 2 aromatic heterocycles. The topological polar surface area (TPSA) is 66.0 Å². The van der Waals surface area contributed by atoms with E-state index in [4.69, 9.17) is 20.8 Å². The van der Waals surface area contributed by atoms with Gasteiger partial charge in [-0.3, -0.25) is 4.57 Å². The van der Waals surface area contributed by atoms with Crippen molar-refractivity contribution < 1.29 is 9.15 Å². The number of aromatic nitrogens is 4. The highest BCUT2D eigenvalue weighted by molar-refractivity contribution is 6.31. The zero-order valence-electron chi connectivity index (χ0n) is 12.1. The molecular weight excluding hydrogens is 316 g/mol. The van der Waals surface area contributed by atoms with E-state index < -0.39 is 0 Å². The first-order chi connectivity index (χ1) is 11.2. The molecule has 0 saturated carbocycles. The Kier molecular flexibility index (Phi) is 3.24. The van der Waals surface area contributed by atoms with Crippen molar-refractivity contribution in [2.75, 3.05) is 7.11 Å². The molecule has 6 nitrogen and oxygen atoms in total. The fraction of sp³-hybridized carbons (Fsp3) is 0.0625. The van der Waals surface area contributed by atoms with Gasteiger partial charge in [0.05, 0.1) is 12.8 Å². The second-order valence-electron chi connectivity index (χ2n) is 4.89. The van der Waals surface area contributed by atoms with Gasteiger partial charge in [0.1, 0.15) is 23.9 Å². The van der Waals surface area contributed by atoms with Gasteiger partial charge >= 0.3 is 0 Å². The van der Waals surface area contributed by atoms with Crippen LogP contribution in [0, 0.1) is 0 Å². The van der Waals surface area contributed by atoms with E-state index in [1.807, 2.05) is 18.2 Å². The van der Waals surface area contributed by atoms with Crippen molar-refractivity contribution in [3.8, 4) is 22.9 Å². The average molecular weight is 327 g/mol. The molecular formula is C16H11ClN4O2. The third-order valence-corrected chi connectivity index (χ3v) is 3.71. The van der Waals surface area contributed by atoms with E-state index in [0.717, 1.165) is 11.3 Å². The largest absolute Gasteiger partial charge is 0.495 e. The third kappa shape index (κ3) is 2.43. The lowest BCUT2D eigenvalue weighted by Gasteiger charge is -2.09. The molecule has 23 heavy (non-hydrogen) atoms. The van der Waals surface area contributed by atoms with Crippen LogP contribution in [0.3, 0.4) is 0 Å². The van der Waals surface area contributed by atoms with E-state index in [0.29, 0.717) is 27.8 Å². The molecule has 0 bridgehead atoms. The molecule has 7 heteroatoms. The van der Waals surface area contributed by atoms with Crippen molar-refractivity contribution >= 4 is 22.7 Å². The number of halogens is 1. The normalized spacial score (nSPS) is 11.0. The van der Waals surface area contributed by atoms with Crippen molar-refractivity contribution in [3.05, 3.63) is 54.1 Å². The van der Waals surface area contributed by atoms with Gasteiger partial charge in [-0.25, -0.2) is 4.98 Å². The summed E-state index contributed by atoms with van der Waals surface area (Å²) in [7, 11) is 1.62. The number of rotatable bonds is 3. The molecule has 114 valence electrons. The van der Waals surface area contributed by atoms with Crippen molar-refractivity contribution in [2.45, 2.75) is 0 Å². The summed E-state index contributed by atoms with van der Waals surface area (Å²) in [4.78, 5) is 4.49. The Balaban J connectivity index is 1.86. The van der Waals surface area contributed by atoms with Crippen LogP contribution < -0.4 is 4.74 Å². The molecule has 0 amide bonds. The summed E-state index contributed by atoms with van der Waals surface area (Å²) >= 11 is 5.99. The SMILES string of the molecule is COc1ccc(-c2nc3cc(Cl)ccc3o2)cc1-n1cnnc1. The van der Waals surface area contributed by atoms with E-state index in [9.17, 15) is 0 Å². The predicted molar refractivity (Wildman–Crippen MR) is 85.9 cm³/mol. The number of hydrogen-bond donors (Lipinski definition) is 0. The fourth-order valence-corrected chi connectivity index (χ4v) is 2.54. The van der Waals surface area contributed by atoms with E-state index in [1.165, 1.54) is 0 Å². The summed E-state index contributed by atoms with van der Waals surface area (Å²) in [6.45, 7) is 0. The minimum absolute atomic E-state index is 0.513. The number of fused-ring (bicyclic) bond motifs is 1. The van der Waals surface area contributed by atoms with Gasteiger partial charge < -0.3 is 9.15 Å². The zero-order chi connectivity index (χ0) is 15.8. The Morgan fingerprint density at radius 3 is 2.70 bits per heavy atom. The Morgan fingerprint density at radius 1 is 1.09 bits per heavy atom. The highest BCUT2D eigenvalue weighted by Crippen LogP contribution is 2.31. The minimum Gasteiger partial charge on any atom is -0.495 e. The van der Waals surface area contributed by atoms with Crippen LogP contribution in [-0.2, 0) is 0 Å². The molecule has 0 aliphatic heterocycles. The molecule has 0 atom stereocenters. The molecule has 0 radical (unpaired) electrons. The van der Waals surface area contributed by atoms with Gasteiger partial charge in [0.25, 0.3) is 0 Å². The van der Waals surface area contributed by atoms with Gasteiger partial charge in [0.15, 0.2) is 5.58 Å². The second kappa shape index (κ2) is 5.40. The van der Waals surface area contributed by atoms with Gasteiger partial charge in [-0.1, -0.05) is 11.6 Å². The fourth-order valence-electron chi connectivity index (χ4n) is 2.37. The lowest BCUT2D eigenvalue weighted by molar-refractivity contribution is 0.413. The molecule has 0 fully saturated rings. The molecule has 0 unspecified atom stereocenters. The Morgan fingerprint density at radius 2 is 1.91 bits per heavy atom. The maximum atomic E-state index is 5.99. The van der Waals surface area contributed by atoms with Crippen LogP contribution in [-0.4, -0.2) is 26.9 Å². The summed E-state index contributed by atoms with van der Waals surface area (Å²) in [6.07, 6.45) is 3.21. The number of ether oxygens (including phenoxy) is 1. The van der Waals surface area contributed by atoms with Crippen LogP contribution in [0.1, 0.15) is 0 Å². The average Bonchev–Trinajstić information content (AvgIpc) is 3.23. The highest BCUT2D eigenvalue weighted by atomic mass is 35.5. The molecule has 0 aliphatic rings. The number of nitrogens with zero attached hydrogens (tertiary/aromatic N) is 4. The van der Waals surface area contributed by atoms with Gasteiger partial charge in [0.2, 0.25) is 5.89 Å². The van der Waals surface area contributed by atoms with Gasteiger partial charge in [-0.15, -0.1) is 10.2 Å². The van der Waals surface area contributed by atoms with Crippen molar-refractivity contribution in [3.63, 3.8) is 0 Å². The second-order valence-corrected chi connectivity index (χ2v) is 5.32. The summed E-state index contributed by atoms with van der Waals surface area (Å²) in [5.41, 5.74) is 3.03. The van der Waals surface area contributed by atoms with Crippen molar-refractivity contribution in [1.29, 1.82) is 0 Å². The molecule has 2 heterocycles.